The Morgan fingerprint density at radius 1 is 0.367 bits per heavy atom. The minimum absolute atomic E-state index is 0.137. The molecule has 0 aliphatic carbocycles. The molecule has 0 saturated heterocycles. The summed E-state index contributed by atoms with van der Waals surface area (Å²) in [6.07, 6.45) is 0. The van der Waals surface area contributed by atoms with Crippen LogP contribution in [0, 0.1) is 0 Å². The number of hydrogen-bond donors (Lipinski definition) is 0. The van der Waals surface area contributed by atoms with E-state index in [9.17, 15) is 5.48 Å². The standard InChI is InChI=1S/C48H30O/c1-3-14-31(15-4-1)37-24-13-25-42-46(47(49-48(37)42)35-29-28-33-27-26-32-16-7-8-19-36(32)43(33)30-35)45-40-22-11-9-20-38(40)44(34-17-5-2-6-18-34)39-21-10-12-23-41(39)45/h1-30H/i9D,10D,11D,12D,20D,21D,22D,23D. The van der Waals surface area contributed by atoms with Crippen LogP contribution < -0.4 is 0 Å². The van der Waals surface area contributed by atoms with Crippen molar-refractivity contribution in [2.45, 2.75) is 0 Å². The maximum Gasteiger partial charge on any atom is 0.143 e. The summed E-state index contributed by atoms with van der Waals surface area (Å²) in [6.45, 7) is 0. The molecule has 0 atom stereocenters. The van der Waals surface area contributed by atoms with Crippen LogP contribution in [0.3, 0.4) is 0 Å². The molecule has 0 radical (unpaired) electrons. The Hall–Kier alpha value is -6.44. The van der Waals surface area contributed by atoms with E-state index in [2.05, 4.69) is 30.3 Å². The first-order valence-corrected chi connectivity index (χ1v) is 16.2. The summed E-state index contributed by atoms with van der Waals surface area (Å²) in [5, 5.41) is 5.33. The third-order valence-corrected chi connectivity index (χ3v) is 9.50. The second-order valence-electron chi connectivity index (χ2n) is 12.2. The highest BCUT2D eigenvalue weighted by atomic mass is 16.3. The van der Waals surface area contributed by atoms with E-state index >= 15 is 0 Å². The summed E-state index contributed by atoms with van der Waals surface area (Å²) < 4.78 is 80.7. The van der Waals surface area contributed by atoms with E-state index in [4.69, 9.17) is 9.90 Å². The lowest BCUT2D eigenvalue weighted by molar-refractivity contribution is 0.633. The van der Waals surface area contributed by atoms with Crippen LogP contribution in [-0.2, 0) is 0 Å². The predicted octanol–water partition coefficient (Wildman–Crippen LogP) is 13.7. The van der Waals surface area contributed by atoms with E-state index in [1.807, 2.05) is 78.9 Å². The third kappa shape index (κ3) is 4.33. The van der Waals surface area contributed by atoms with Crippen LogP contribution in [0.2, 0.25) is 0 Å². The highest BCUT2D eigenvalue weighted by Gasteiger charge is 2.25. The topological polar surface area (TPSA) is 13.1 Å². The summed E-state index contributed by atoms with van der Waals surface area (Å²) in [7, 11) is 0. The van der Waals surface area contributed by atoms with Crippen molar-refractivity contribution in [1.82, 2.24) is 0 Å². The van der Waals surface area contributed by atoms with E-state index in [0.29, 0.717) is 39.0 Å². The Bertz CT molecular complexity index is 3240. The van der Waals surface area contributed by atoms with Gasteiger partial charge < -0.3 is 4.42 Å². The Labute approximate surface area is 295 Å². The monoisotopic (exact) mass is 630 g/mol. The number of fused-ring (bicyclic) bond motifs is 6. The third-order valence-electron chi connectivity index (χ3n) is 9.50. The molecule has 0 aliphatic heterocycles. The number of rotatable bonds is 4. The number of furan rings is 1. The van der Waals surface area contributed by atoms with Gasteiger partial charge in [-0.15, -0.1) is 0 Å². The van der Waals surface area contributed by atoms with Crippen molar-refractivity contribution in [2.75, 3.05) is 0 Å². The van der Waals surface area contributed by atoms with Gasteiger partial charge in [0.2, 0.25) is 0 Å². The molecule has 0 aliphatic rings. The van der Waals surface area contributed by atoms with Crippen LogP contribution >= 0.6 is 0 Å². The van der Waals surface area contributed by atoms with E-state index < -0.39 is 24.2 Å². The van der Waals surface area contributed by atoms with Crippen LogP contribution in [0.25, 0.3) is 98.8 Å². The van der Waals surface area contributed by atoms with Crippen LogP contribution in [0.5, 0.6) is 0 Å². The Morgan fingerprint density at radius 2 is 0.918 bits per heavy atom. The molecule has 228 valence electrons. The summed E-state index contributed by atoms with van der Waals surface area (Å²) in [4.78, 5) is 0. The molecular weight excluding hydrogens is 593 g/mol. The molecule has 0 saturated carbocycles. The minimum atomic E-state index is -0.454. The molecule has 1 heteroatoms. The molecular formula is C48H30O. The Kier molecular flexibility index (Phi) is 4.69. The van der Waals surface area contributed by atoms with Gasteiger partial charge in [0.05, 0.1) is 11.0 Å². The van der Waals surface area contributed by atoms with Crippen molar-refractivity contribution < 1.29 is 15.4 Å². The second-order valence-corrected chi connectivity index (χ2v) is 12.2. The van der Waals surface area contributed by atoms with Crippen LogP contribution in [0.15, 0.2) is 186 Å². The first-order chi connectivity index (χ1) is 27.7. The van der Waals surface area contributed by atoms with E-state index in [1.54, 1.807) is 24.3 Å². The Balaban J connectivity index is 1.49. The van der Waals surface area contributed by atoms with Gasteiger partial charge in [0.25, 0.3) is 0 Å². The van der Waals surface area contributed by atoms with Crippen molar-refractivity contribution >= 4 is 54.1 Å². The summed E-state index contributed by atoms with van der Waals surface area (Å²) in [5.41, 5.74) is 4.49. The largest absolute Gasteiger partial charge is 0.455 e. The minimum Gasteiger partial charge on any atom is -0.455 e. The van der Waals surface area contributed by atoms with Gasteiger partial charge in [0, 0.05) is 27.6 Å². The van der Waals surface area contributed by atoms with Gasteiger partial charge in [0.1, 0.15) is 11.3 Å². The normalized spacial score (nSPS) is 14.0. The van der Waals surface area contributed by atoms with Gasteiger partial charge in [-0.3, -0.25) is 0 Å². The lowest BCUT2D eigenvalue weighted by Gasteiger charge is -2.18. The average Bonchev–Trinajstić information content (AvgIpc) is 3.65. The zero-order chi connectivity index (χ0) is 39.3. The molecule has 1 heterocycles. The zero-order valence-electron chi connectivity index (χ0n) is 34.1. The van der Waals surface area contributed by atoms with E-state index in [0.717, 1.165) is 32.7 Å². The van der Waals surface area contributed by atoms with Gasteiger partial charge in [-0.25, -0.2) is 0 Å². The SMILES string of the molecule is [2H]c1c([2H])c([2H])c2c(-c3c(-c4ccc5ccc6ccccc6c5c4)oc4c(-c5ccccc5)cccc34)c3c([2H])c([2H])c([2H])c([2H])c3c(-c3ccccc3)c2c1[2H]. The van der Waals surface area contributed by atoms with Crippen molar-refractivity contribution in [1.29, 1.82) is 0 Å². The Morgan fingerprint density at radius 3 is 1.61 bits per heavy atom. The van der Waals surface area contributed by atoms with Crippen molar-refractivity contribution in [3.63, 3.8) is 0 Å². The van der Waals surface area contributed by atoms with Gasteiger partial charge in [-0.1, -0.05) is 176 Å². The second kappa shape index (κ2) is 11.1. The van der Waals surface area contributed by atoms with E-state index in [1.165, 1.54) is 0 Å². The van der Waals surface area contributed by atoms with Gasteiger partial charge in [0.15, 0.2) is 0 Å². The lowest BCUT2D eigenvalue weighted by Crippen LogP contribution is -1.91. The van der Waals surface area contributed by atoms with Gasteiger partial charge in [-0.05, 0) is 65.8 Å². The predicted molar refractivity (Wildman–Crippen MR) is 208 cm³/mol. The summed E-state index contributed by atoms with van der Waals surface area (Å²) in [6, 6.07) is 39.9. The highest BCUT2D eigenvalue weighted by molar-refractivity contribution is 6.25. The van der Waals surface area contributed by atoms with Crippen molar-refractivity contribution in [3.8, 4) is 44.7 Å². The molecule has 1 aromatic heterocycles. The molecule has 0 fully saturated rings. The molecule has 10 rings (SSSR count). The fourth-order valence-corrected chi connectivity index (χ4v) is 7.33. The van der Waals surface area contributed by atoms with Crippen LogP contribution in [-0.4, -0.2) is 0 Å². The molecule has 0 N–H and O–H groups in total. The molecule has 0 spiro atoms. The molecule has 0 bridgehead atoms. The molecule has 1 nitrogen and oxygen atoms in total. The molecule has 9 aromatic carbocycles. The average molecular weight is 631 g/mol. The van der Waals surface area contributed by atoms with Gasteiger partial charge >= 0.3 is 0 Å². The quantitative estimate of drug-likeness (QED) is 0.139. The van der Waals surface area contributed by atoms with E-state index in [-0.39, 0.29) is 51.3 Å². The highest BCUT2D eigenvalue weighted by Crippen LogP contribution is 2.51. The maximum absolute atomic E-state index is 9.57. The molecule has 0 unspecified atom stereocenters. The maximum atomic E-state index is 9.57. The first kappa shape index (κ1) is 20.7. The molecule has 49 heavy (non-hydrogen) atoms. The zero-order valence-corrected chi connectivity index (χ0v) is 26.1. The van der Waals surface area contributed by atoms with Crippen LogP contribution in [0.1, 0.15) is 11.0 Å². The number of benzene rings is 9. The lowest BCUT2D eigenvalue weighted by atomic mass is 9.84. The summed E-state index contributed by atoms with van der Waals surface area (Å²) >= 11 is 0. The fraction of sp³-hybridized carbons (Fsp3) is 0. The smallest absolute Gasteiger partial charge is 0.143 e. The van der Waals surface area contributed by atoms with Gasteiger partial charge in [-0.2, -0.15) is 0 Å². The van der Waals surface area contributed by atoms with Crippen molar-refractivity contribution in [2.24, 2.45) is 0 Å². The van der Waals surface area contributed by atoms with Crippen molar-refractivity contribution in [3.05, 3.63) is 182 Å². The van der Waals surface area contributed by atoms with Crippen LogP contribution in [0.4, 0.5) is 0 Å². The fourth-order valence-electron chi connectivity index (χ4n) is 7.33. The number of hydrogen-bond acceptors (Lipinski definition) is 1. The molecule has 0 amide bonds. The number of para-hydroxylation sites is 1. The molecule has 10 aromatic rings. The summed E-state index contributed by atoms with van der Waals surface area (Å²) in [5.74, 6) is 0.401. The first-order valence-electron chi connectivity index (χ1n) is 20.2.